The molecule has 1 fully saturated rings. The van der Waals surface area contributed by atoms with Crippen LogP contribution < -0.4 is 4.90 Å². The molecular formula is C15H11F2NOS. The third-order valence-electron chi connectivity index (χ3n) is 3.13. The summed E-state index contributed by atoms with van der Waals surface area (Å²) in [7, 11) is 0. The molecule has 5 heteroatoms. The van der Waals surface area contributed by atoms with Crippen LogP contribution in [-0.2, 0) is 4.79 Å². The zero-order chi connectivity index (χ0) is 14.1. The van der Waals surface area contributed by atoms with E-state index in [1.165, 1.54) is 36.0 Å². The Labute approximate surface area is 119 Å². The quantitative estimate of drug-likeness (QED) is 0.840. The Morgan fingerprint density at radius 3 is 2.10 bits per heavy atom. The Morgan fingerprint density at radius 2 is 1.50 bits per heavy atom. The zero-order valence-corrected chi connectivity index (χ0v) is 11.2. The van der Waals surface area contributed by atoms with Gasteiger partial charge in [0.15, 0.2) is 0 Å². The summed E-state index contributed by atoms with van der Waals surface area (Å²) in [5.74, 6) is -0.321. The first-order chi connectivity index (χ1) is 9.65. The van der Waals surface area contributed by atoms with Crippen molar-refractivity contribution >= 4 is 23.4 Å². The SMILES string of the molecule is O=C1CS[C@H](c2ccc(F)cc2)N1c1ccc(F)cc1. The molecule has 1 saturated heterocycles. The maximum atomic E-state index is 13.0. The fourth-order valence-electron chi connectivity index (χ4n) is 2.18. The van der Waals surface area contributed by atoms with Crippen LogP contribution in [0.2, 0.25) is 0 Å². The summed E-state index contributed by atoms with van der Waals surface area (Å²) in [6, 6.07) is 11.9. The number of benzene rings is 2. The number of hydrogen-bond acceptors (Lipinski definition) is 2. The summed E-state index contributed by atoms with van der Waals surface area (Å²) < 4.78 is 26.0. The predicted molar refractivity (Wildman–Crippen MR) is 75.5 cm³/mol. The normalized spacial score (nSPS) is 18.6. The number of rotatable bonds is 2. The van der Waals surface area contributed by atoms with Crippen LogP contribution in [0.5, 0.6) is 0 Å². The highest BCUT2D eigenvalue weighted by molar-refractivity contribution is 8.00. The molecule has 0 spiro atoms. The summed E-state index contributed by atoms with van der Waals surface area (Å²) in [6.07, 6.45) is 0. The number of anilines is 1. The van der Waals surface area contributed by atoms with E-state index < -0.39 is 0 Å². The average Bonchev–Trinajstić information content (AvgIpc) is 2.83. The van der Waals surface area contributed by atoms with Gasteiger partial charge in [-0.05, 0) is 42.0 Å². The van der Waals surface area contributed by atoms with Crippen LogP contribution in [0.15, 0.2) is 48.5 Å². The Balaban J connectivity index is 1.96. The molecule has 20 heavy (non-hydrogen) atoms. The van der Waals surface area contributed by atoms with E-state index >= 15 is 0 Å². The van der Waals surface area contributed by atoms with E-state index in [1.807, 2.05) is 0 Å². The highest BCUT2D eigenvalue weighted by atomic mass is 32.2. The second-order valence-corrected chi connectivity index (χ2v) is 5.52. The van der Waals surface area contributed by atoms with Crippen molar-refractivity contribution in [3.63, 3.8) is 0 Å². The molecule has 0 bridgehead atoms. The Hall–Kier alpha value is -1.88. The van der Waals surface area contributed by atoms with E-state index in [2.05, 4.69) is 0 Å². The van der Waals surface area contributed by atoms with Crippen molar-refractivity contribution in [2.24, 2.45) is 0 Å². The molecular weight excluding hydrogens is 280 g/mol. The maximum absolute atomic E-state index is 13.0. The summed E-state index contributed by atoms with van der Waals surface area (Å²) >= 11 is 1.48. The summed E-state index contributed by atoms with van der Waals surface area (Å²) in [6.45, 7) is 0. The maximum Gasteiger partial charge on any atom is 0.238 e. The Kier molecular flexibility index (Phi) is 3.44. The van der Waals surface area contributed by atoms with Crippen LogP contribution in [0.4, 0.5) is 14.5 Å². The molecule has 1 atom stereocenters. The van der Waals surface area contributed by atoms with Crippen LogP contribution in [0, 0.1) is 11.6 Å². The fraction of sp³-hybridized carbons (Fsp3) is 0.133. The van der Waals surface area contributed by atoms with Gasteiger partial charge in [-0.25, -0.2) is 8.78 Å². The molecule has 2 nitrogen and oxygen atoms in total. The molecule has 0 aromatic heterocycles. The number of halogens is 2. The fourth-order valence-corrected chi connectivity index (χ4v) is 3.36. The molecule has 0 saturated carbocycles. The molecule has 0 aliphatic carbocycles. The molecule has 2 aromatic rings. The van der Waals surface area contributed by atoms with Gasteiger partial charge in [0.05, 0.1) is 5.75 Å². The van der Waals surface area contributed by atoms with E-state index in [0.29, 0.717) is 11.4 Å². The van der Waals surface area contributed by atoms with Crippen molar-refractivity contribution in [3.05, 3.63) is 65.7 Å². The van der Waals surface area contributed by atoms with Gasteiger partial charge in [-0.2, -0.15) is 0 Å². The van der Waals surface area contributed by atoms with Gasteiger partial charge in [0.1, 0.15) is 17.0 Å². The zero-order valence-electron chi connectivity index (χ0n) is 10.4. The lowest BCUT2D eigenvalue weighted by molar-refractivity contribution is -0.115. The highest BCUT2D eigenvalue weighted by Crippen LogP contribution is 2.41. The van der Waals surface area contributed by atoms with Gasteiger partial charge in [0.2, 0.25) is 5.91 Å². The van der Waals surface area contributed by atoms with Gasteiger partial charge in [0.25, 0.3) is 0 Å². The van der Waals surface area contributed by atoms with Gasteiger partial charge in [0, 0.05) is 5.69 Å². The third-order valence-corrected chi connectivity index (χ3v) is 4.34. The largest absolute Gasteiger partial charge is 0.295 e. The van der Waals surface area contributed by atoms with Crippen molar-refractivity contribution in [3.8, 4) is 0 Å². The summed E-state index contributed by atoms with van der Waals surface area (Å²) in [4.78, 5) is 13.7. The van der Waals surface area contributed by atoms with Gasteiger partial charge < -0.3 is 0 Å². The molecule has 1 aliphatic rings. The number of thioether (sulfide) groups is 1. The Morgan fingerprint density at radius 1 is 0.950 bits per heavy atom. The molecule has 1 amide bonds. The smallest absolute Gasteiger partial charge is 0.238 e. The number of hydrogen-bond donors (Lipinski definition) is 0. The van der Waals surface area contributed by atoms with Gasteiger partial charge in [-0.1, -0.05) is 12.1 Å². The van der Waals surface area contributed by atoms with Gasteiger partial charge >= 0.3 is 0 Å². The molecule has 3 rings (SSSR count). The first-order valence-corrected chi connectivity index (χ1v) is 7.15. The standard InChI is InChI=1S/C15H11F2NOS/c16-11-3-1-10(2-4-11)15-18(14(19)9-20-15)13-7-5-12(17)6-8-13/h1-8,15H,9H2/t15-/m1/s1. The molecule has 1 heterocycles. The van der Waals surface area contributed by atoms with Crippen LogP contribution in [0.25, 0.3) is 0 Å². The molecule has 0 unspecified atom stereocenters. The Bertz CT molecular complexity index is 627. The lowest BCUT2D eigenvalue weighted by Crippen LogP contribution is -2.27. The monoisotopic (exact) mass is 291 g/mol. The van der Waals surface area contributed by atoms with E-state index in [-0.39, 0.29) is 22.9 Å². The van der Waals surface area contributed by atoms with Crippen molar-refractivity contribution in [1.82, 2.24) is 0 Å². The van der Waals surface area contributed by atoms with E-state index in [1.54, 1.807) is 29.2 Å². The first kappa shape index (κ1) is 13.1. The lowest BCUT2D eigenvalue weighted by atomic mass is 10.2. The molecule has 102 valence electrons. The summed E-state index contributed by atoms with van der Waals surface area (Å²) in [5, 5.41) is -0.200. The second kappa shape index (κ2) is 5.25. The minimum atomic E-state index is -0.341. The second-order valence-electron chi connectivity index (χ2n) is 4.46. The number of nitrogens with zero attached hydrogens (tertiary/aromatic N) is 1. The number of carbonyl (C=O) groups is 1. The number of amides is 1. The predicted octanol–water partition coefficient (Wildman–Crippen LogP) is 3.74. The lowest BCUT2D eigenvalue weighted by Gasteiger charge is -2.24. The first-order valence-electron chi connectivity index (χ1n) is 6.10. The van der Waals surface area contributed by atoms with Crippen molar-refractivity contribution in [2.45, 2.75) is 5.37 Å². The minimum Gasteiger partial charge on any atom is -0.295 e. The minimum absolute atomic E-state index is 0.0315. The van der Waals surface area contributed by atoms with Crippen LogP contribution in [0.3, 0.4) is 0 Å². The molecule has 0 N–H and O–H groups in total. The van der Waals surface area contributed by atoms with E-state index in [4.69, 9.17) is 0 Å². The van der Waals surface area contributed by atoms with Gasteiger partial charge in [-0.15, -0.1) is 11.8 Å². The highest BCUT2D eigenvalue weighted by Gasteiger charge is 2.33. The summed E-state index contributed by atoms with van der Waals surface area (Å²) in [5.41, 5.74) is 1.50. The van der Waals surface area contributed by atoms with Crippen molar-refractivity contribution in [1.29, 1.82) is 0 Å². The van der Waals surface area contributed by atoms with Crippen LogP contribution in [-0.4, -0.2) is 11.7 Å². The molecule has 0 radical (unpaired) electrons. The molecule has 2 aromatic carbocycles. The van der Waals surface area contributed by atoms with E-state index in [0.717, 1.165) is 5.56 Å². The topological polar surface area (TPSA) is 20.3 Å². The van der Waals surface area contributed by atoms with Crippen LogP contribution >= 0.6 is 11.8 Å². The van der Waals surface area contributed by atoms with Gasteiger partial charge in [-0.3, -0.25) is 9.69 Å². The van der Waals surface area contributed by atoms with Crippen molar-refractivity contribution < 1.29 is 13.6 Å². The number of carbonyl (C=O) groups excluding carboxylic acids is 1. The average molecular weight is 291 g/mol. The van der Waals surface area contributed by atoms with E-state index in [9.17, 15) is 13.6 Å². The molecule has 1 aliphatic heterocycles. The van der Waals surface area contributed by atoms with Crippen molar-refractivity contribution in [2.75, 3.05) is 10.7 Å². The van der Waals surface area contributed by atoms with Crippen LogP contribution in [0.1, 0.15) is 10.9 Å². The third kappa shape index (κ3) is 2.41.